The van der Waals surface area contributed by atoms with E-state index in [1.165, 1.54) is 30.6 Å². The van der Waals surface area contributed by atoms with Gasteiger partial charge in [-0.1, -0.05) is 0 Å². The van der Waals surface area contributed by atoms with E-state index in [1.807, 2.05) is 10.3 Å². The summed E-state index contributed by atoms with van der Waals surface area (Å²) in [7, 11) is 1.41. The van der Waals surface area contributed by atoms with Gasteiger partial charge in [0.05, 0.1) is 34.9 Å². The van der Waals surface area contributed by atoms with Gasteiger partial charge in [0.25, 0.3) is 11.6 Å². The van der Waals surface area contributed by atoms with E-state index in [4.69, 9.17) is 9.47 Å². The lowest BCUT2D eigenvalue weighted by molar-refractivity contribution is -0.385. The normalized spacial score (nSPS) is 13.6. The van der Waals surface area contributed by atoms with Crippen molar-refractivity contribution in [3.8, 4) is 17.6 Å². The summed E-state index contributed by atoms with van der Waals surface area (Å²) in [6.45, 7) is 1.89. The molecule has 0 atom stereocenters. The van der Waals surface area contributed by atoms with E-state index in [9.17, 15) is 20.2 Å². The quantitative estimate of drug-likeness (QED) is 0.358. The first-order valence-electron chi connectivity index (χ1n) is 10.8. The molecular formula is C23H22N6O5S. The molecule has 2 aromatic heterocycles. The Morgan fingerprint density at radius 3 is 2.83 bits per heavy atom. The molecule has 1 aromatic carbocycles. The Hall–Kier alpha value is -4.24. The van der Waals surface area contributed by atoms with Crippen molar-refractivity contribution in [3.63, 3.8) is 0 Å². The van der Waals surface area contributed by atoms with Crippen LogP contribution in [0.25, 0.3) is 0 Å². The van der Waals surface area contributed by atoms with Gasteiger partial charge in [-0.3, -0.25) is 14.9 Å². The predicted octanol–water partition coefficient (Wildman–Crippen LogP) is 3.26. The third-order valence-electron chi connectivity index (χ3n) is 5.56. The molecule has 0 radical (unpaired) electrons. The number of pyridine rings is 1. The van der Waals surface area contributed by atoms with Crippen LogP contribution in [0.2, 0.25) is 0 Å². The van der Waals surface area contributed by atoms with Crippen LogP contribution in [0.15, 0.2) is 41.4 Å². The molecule has 1 saturated heterocycles. The first-order valence-corrected chi connectivity index (χ1v) is 11.7. The summed E-state index contributed by atoms with van der Waals surface area (Å²) in [4.78, 5) is 36.6. The molecule has 180 valence electrons. The van der Waals surface area contributed by atoms with Gasteiger partial charge in [0.15, 0.2) is 11.5 Å². The molecule has 0 saturated carbocycles. The van der Waals surface area contributed by atoms with Gasteiger partial charge in [0.2, 0.25) is 0 Å². The number of thiazole rings is 1. The number of hydrogen-bond donors (Lipinski definition) is 0. The van der Waals surface area contributed by atoms with Crippen LogP contribution in [0, 0.1) is 21.4 Å². The number of rotatable bonds is 7. The van der Waals surface area contributed by atoms with E-state index in [0.29, 0.717) is 49.7 Å². The Bertz CT molecular complexity index is 1260. The number of nitro groups is 1. The Morgan fingerprint density at radius 2 is 2.11 bits per heavy atom. The van der Waals surface area contributed by atoms with Crippen molar-refractivity contribution >= 4 is 28.7 Å². The van der Waals surface area contributed by atoms with Crippen LogP contribution in [0.5, 0.6) is 11.5 Å². The van der Waals surface area contributed by atoms with Gasteiger partial charge in [0.1, 0.15) is 24.1 Å². The number of benzene rings is 1. The highest BCUT2D eigenvalue weighted by atomic mass is 32.1. The topological polar surface area (TPSA) is 135 Å². The van der Waals surface area contributed by atoms with Gasteiger partial charge in [-0.25, -0.2) is 9.97 Å². The molecule has 0 spiro atoms. The van der Waals surface area contributed by atoms with Crippen molar-refractivity contribution in [2.75, 3.05) is 38.2 Å². The number of hydrogen-bond acceptors (Lipinski definition) is 10. The molecule has 3 heterocycles. The summed E-state index contributed by atoms with van der Waals surface area (Å²) in [6, 6.07) is 8.11. The third-order valence-corrected chi connectivity index (χ3v) is 6.19. The highest BCUT2D eigenvalue weighted by molar-refractivity contribution is 7.07. The second-order valence-corrected chi connectivity index (χ2v) is 8.38. The van der Waals surface area contributed by atoms with Gasteiger partial charge < -0.3 is 19.3 Å². The second kappa shape index (κ2) is 10.8. The molecule has 11 nitrogen and oxygen atoms in total. The molecule has 0 N–H and O–H groups in total. The maximum absolute atomic E-state index is 13.4. The minimum atomic E-state index is -0.598. The van der Waals surface area contributed by atoms with E-state index >= 15 is 0 Å². The van der Waals surface area contributed by atoms with Crippen molar-refractivity contribution in [1.29, 1.82) is 5.26 Å². The number of amides is 1. The van der Waals surface area contributed by atoms with Gasteiger partial charge in [0, 0.05) is 43.8 Å². The minimum absolute atomic E-state index is 0.0724. The number of carbonyl (C=O) groups excluding carboxylic acids is 1. The molecule has 1 fully saturated rings. The molecule has 1 amide bonds. The van der Waals surface area contributed by atoms with Crippen LogP contribution < -0.4 is 14.4 Å². The van der Waals surface area contributed by atoms with Crippen LogP contribution in [0.1, 0.15) is 28.0 Å². The molecule has 3 aromatic rings. The first-order chi connectivity index (χ1) is 17.0. The summed E-state index contributed by atoms with van der Waals surface area (Å²) in [6.07, 6.45) is 2.24. The number of ether oxygens (including phenoxy) is 2. The summed E-state index contributed by atoms with van der Waals surface area (Å²) < 4.78 is 11.1. The number of nitro benzene ring substituents is 1. The second-order valence-electron chi connectivity index (χ2n) is 7.66. The van der Waals surface area contributed by atoms with Crippen LogP contribution in [-0.2, 0) is 6.61 Å². The molecule has 0 aliphatic carbocycles. The number of aromatic nitrogens is 2. The number of nitriles is 1. The van der Waals surface area contributed by atoms with Crippen LogP contribution in [0.3, 0.4) is 0 Å². The standard InChI is InChI=1S/C23H22N6O5S/c1-33-20-10-18(19(29(31)32)11-21(20)34-13-17-14-35-15-26-17)23(30)28-7-3-6-27(8-9-28)22-16(12-24)4-2-5-25-22/h2,4-5,10-11,14-15H,3,6-9,13H2,1H3. The lowest BCUT2D eigenvalue weighted by Crippen LogP contribution is -2.36. The SMILES string of the molecule is COc1cc(C(=O)N2CCCN(c3ncccc3C#N)CC2)c([N+](=O)[O-])cc1OCc1cscn1. The van der Waals surface area contributed by atoms with Crippen LogP contribution in [-0.4, -0.2) is 59.0 Å². The van der Waals surface area contributed by atoms with E-state index < -0.39 is 10.8 Å². The fraction of sp³-hybridized carbons (Fsp3) is 0.304. The van der Waals surface area contributed by atoms with Crippen molar-refractivity contribution in [3.05, 3.63) is 68.3 Å². The summed E-state index contributed by atoms with van der Waals surface area (Å²) >= 11 is 1.41. The smallest absolute Gasteiger partial charge is 0.286 e. The largest absolute Gasteiger partial charge is 0.493 e. The van der Waals surface area contributed by atoms with Gasteiger partial charge in [-0.15, -0.1) is 11.3 Å². The lowest BCUT2D eigenvalue weighted by Gasteiger charge is -2.23. The molecule has 0 unspecified atom stereocenters. The zero-order valence-corrected chi connectivity index (χ0v) is 19.7. The van der Waals surface area contributed by atoms with Gasteiger partial charge in [-0.2, -0.15) is 5.26 Å². The lowest BCUT2D eigenvalue weighted by atomic mass is 10.1. The molecule has 0 bridgehead atoms. The first kappa shape index (κ1) is 23.9. The molecule has 35 heavy (non-hydrogen) atoms. The Morgan fingerprint density at radius 1 is 1.26 bits per heavy atom. The Labute approximate surface area is 205 Å². The van der Waals surface area contributed by atoms with Gasteiger partial charge in [-0.05, 0) is 18.6 Å². The van der Waals surface area contributed by atoms with Crippen LogP contribution >= 0.6 is 11.3 Å². The number of nitrogens with zero attached hydrogens (tertiary/aromatic N) is 6. The number of anilines is 1. The van der Waals surface area contributed by atoms with Crippen molar-refractivity contribution in [2.45, 2.75) is 13.0 Å². The highest BCUT2D eigenvalue weighted by Crippen LogP contribution is 2.36. The number of carbonyl (C=O) groups is 1. The fourth-order valence-corrected chi connectivity index (χ4v) is 4.39. The van der Waals surface area contributed by atoms with E-state index in [1.54, 1.807) is 28.7 Å². The summed E-state index contributed by atoms with van der Waals surface area (Å²) in [5, 5.41) is 23.0. The predicted molar refractivity (Wildman–Crippen MR) is 128 cm³/mol. The van der Waals surface area contributed by atoms with E-state index in [-0.39, 0.29) is 29.4 Å². The fourth-order valence-electron chi connectivity index (χ4n) is 3.84. The third kappa shape index (κ3) is 5.30. The van der Waals surface area contributed by atoms with Crippen molar-refractivity contribution < 1.29 is 19.2 Å². The Balaban J connectivity index is 1.56. The molecule has 1 aliphatic rings. The van der Waals surface area contributed by atoms with E-state index in [0.717, 1.165) is 0 Å². The van der Waals surface area contributed by atoms with Crippen LogP contribution in [0.4, 0.5) is 11.5 Å². The maximum atomic E-state index is 13.4. The number of methoxy groups -OCH3 is 1. The van der Waals surface area contributed by atoms with Crippen molar-refractivity contribution in [1.82, 2.24) is 14.9 Å². The minimum Gasteiger partial charge on any atom is -0.493 e. The monoisotopic (exact) mass is 494 g/mol. The zero-order chi connectivity index (χ0) is 24.8. The molecule has 12 heteroatoms. The molecule has 1 aliphatic heterocycles. The molecular weight excluding hydrogens is 472 g/mol. The van der Waals surface area contributed by atoms with E-state index in [2.05, 4.69) is 16.0 Å². The van der Waals surface area contributed by atoms with Crippen molar-refractivity contribution in [2.24, 2.45) is 0 Å². The van der Waals surface area contributed by atoms with Gasteiger partial charge >= 0.3 is 0 Å². The highest BCUT2D eigenvalue weighted by Gasteiger charge is 2.30. The summed E-state index contributed by atoms with van der Waals surface area (Å²) in [5.41, 5.74) is 2.37. The maximum Gasteiger partial charge on any atom is 0.286 e. The zero-order valence-electron chi connectivity index (χ0n) is 18.9. The average Bonchev–Trinajstić information content (AvgIpc) is 3.29. The average molecular weight is 495 g/mol. The summed E-state index contributed by atoms with van der Waals surface area (Å²) in [5.74, 6) is 0.478. The Kier molecular flexibility index (Phi) is 7.37. The molecule has 4 rings (SSSR count).